The first-order valence-corrected chi connectivity index (χ1v) is 2.93. The number of hydrogen-bond donors (Lipinski definition) is 0. The molecule has 0 amide bonds. The van der Waals surface area contributed by atoms with Crippen LogP contribution < -0.4 is 4.74 Å². The molecule has 0 spiro atoms. The van der Waals surface area contributed by atoms with Crippen molar-refractivity contribution in [2.45, 2.75) is 6.92 Å². The average Bonchev–Trinajstić information content (AvgIpc) is 1.90. The Kier molecular flexibility index (Phi) is 4.79. The number of rotatable bonds is 1. The Morgan fingerprint density at radius 2 is 1.60 bits per heavy atom. The molecule has 0 saturated heterocycles. The summed E-state index contributed by atoms with van der Waals surface area (Å²) in [6.07, 6.45) is 0. The molecule has 10 heavy (non-hydrogen) atoms. The van der Waals surface area contributed by atoms with Crippen LogP contribution in [-0.2, 0) is 0 Å². The number of aryl methyl sites for hydroxylation is 1. The van der Waals surface area contributed by atoms with E-state index in [0.717, 1.165) is 5.75 Å². The standard InChI is InChI=1S/C8H10O.Na.H/c1-7-3-5-8(9-2)6-4-7;;/h3-6H,1-2H3;;. The molecule has 0 atom stereocenters. The monoisotopic (exact) mass is 146 g/mol. The van der Waals surface area contributed by atoms with Crippen molar-refractivity contribution < 1.29 is 4.74 Å². The molecule has 50 valence electrons. The van der Waals surface area contributed by atoms with Gasteiger partial charge in [0.1, 0.15) is 5.75 Å². The molecule has 0 saturated carbocycles. The zero-order valence-electron chi connectivity index (χ0n) is 5.72. The minimum absolute atomic E-state index is 0. The second-order valence-electron chi connectivity index (χ2n) is 2.02. The first kappa shape index (κ1) is 10.0. The summed E-state index contributed by atoms with van der Waals surface area (Å²) in [5, 5.41) is 0. The van der Waals surface area contributed by atoms with Crippen LogP contribution in [0.25, 0.3) is 0 Å². The molecular weight excluding hydrogens is 135 g/mol. The van der Waals surface area contributed by atoms with Gasteiger partial charge in [-0.1, -0.05) is 17.7 Å². The van der Waals surface area contributed by atoms with Gasteiger partial charge < -0.3 is 4.74 Å². The van der Waals surface area contributed by atoms with Crippen molar-refractivity contribution in [2.24, 2.45) is 0 Å². The van der Waals surface area contributed by atoms with Gasteiger partial charge in [0.25, 0.3) is 0 Å². The van der Waals surface area contributed by atoms with E-state index < -0.39 is 0 Å². The Morgan fingerprint density at radius 1 is 1.10 bits per heavy atom. The maximum atomic E-state index is 4.97. The van der Waals surface area contributed by atoms with Gasteiger partial charge in [-0.2, -0.15) is 0 Å². The van der Waals surface area contributed by atoms with Crippen LogP contribution in [0.1, 0.15) is 5.56 Å². The molecule has 1 nitrogen and oxygen atoms in total. The first-order chi connectivity index (χ1) is 4.33. The summed E-state index contributed by atoms with van der Waals surface area (Å²) in [4.78, 5) is 0. The Bertz CT molecular complexity index is 181. The van der Waals surface area contributed by atoms with Crippen LogP contribution in [-0.4, -0.2) is 36.7 Å². The van der Waals surface area contributed by atoms with E-state index in [1.54, 1.807) is 7.11 Å². The number of benzene rings is 1. The van der Waals surface area contributed by atoms with E-state index in [4.69, 9.17) is 4.74 Å². The van der Waals surface area contributed by atoms with Gasteiger partial charge in [-0.05, 0) is 19.1 Å². The van der Waals surface area contributed by atoms with E-state index in [9.17, 15) is 0 Å². The van der Waals surface area contributed by atoms with Crippen LogP contribution in [0.15, 0.2) is 24.3 Å². The van der Waals surface area contributed by atoms with Gasteiger partial charge in [0, 0.05) is 0 Å². The molecule has 0 aromatic heterocycles. The molecule has 0 fully saturated rings. The van der Waals surface area contributed by atoms with Crippen LogP contribution >= 0.6 is 0 Å². The molecule has 1 aromatic carbocycles. The predicted molar refractivity (Wildman–Crippen MR) is 44.9 cm³/mol. The van der Waals surface area contributed by atoms with Crippen molar-refractivity contribution in [3.05, 3.63) is 29.8 Å². The number of methoxy groups -OCH3 is 1. The molecule has 0 unspecified atom stereocenters. The van der Waals surface area contributed by atoms with Crippen molar-refractivity contribution in [1.82, 2.24) is 0 Å². The quantitative estimate of drug-likeness (QED) is 0.543. The Morgan fingerprint density at radius 3 is 2.00 bits per heavy atom. The van der Waals surface area contributed by atoms with Crippen LogP contribution in [0.4, 0.5) is 0 Å². The molecule has 0 aliphatic heterocycles. The van der Waals surface area contributed by atoms with Gasteiger partial charge in [0.05, 0.1) is 7.11 Å². The van der Waals surface area contributed by atoms with E-state index in [2.05, 4.69) is 6.92 Å². The molecule has 1 aromatic rings. The summed E-state index contributed by atoms with van der Waals surface area (Å²) < 4.78 is 4.97. The summed E-state index contributed by atoms with van der Waals surface area (Å²) in [7, 11) is 1.67. The van der Waals surface area contributed by atoms with Crippen LogP contribution in [0, 0.1) is 6.92 Å². The third kappa shape index (κ3) is 2.74. The van der Waals surface area contributed by atoms with Gasteiger partial charge in [-0.3, -0.25) is 0 Å². The molecule has 1 rings (SSSR count). The molecule has 0 heterocycles. The van der Waals surface area contributed by atoms with Gasteiger partial charge in [-0.15, -0.1) is 0 Å². The normalized spacial score (nSPS) is 8.20. The first-order valence-electron chi connectivity index (χ1n) is 2.93. The summed E-state index contributed by atoms with van der Waals surface area (Å²) >= 11 is 0. The Hall–Kier alpha value is 0.0200. The second-order valence-corrected chi connectivity index (χ2v) is 2.02. The van der Waals surface area contributed by atoms with Crippen LogP contribution in [0.2, 0.25) is 0 Å². The fraction of sp³-hybridized carbons (Fsp3) is 0.250. The van der Waals surface area contributed by atoms with E-state index in [1.807, 2.05) is 24.3 Å². The van der Waals surface area contributed by atoms with Gasteiger partial charge in [-0.25, -0.2) is 0 Å². The van der Waals surface area contributed by atoms with Crippen molar-refractivity contribution in [1.29, 1.82) is 0 Å². The van der Waals surface area contributed by atoms with E-state index in [0.29, 0.717) is 0 Å². The van der Waals surface area contributed by atoms with Gasteiger partial charge in [0.2, 0.25) is 0 Å². The van der Waals surface area contributed by atoms with Crippen molar-refractivity contribution in [3.63, 3.8) is 0 Å². The van der Waals surface area contributed by atoms with E-state index in [-0.39, 0.29) is 29.6 Å². The van der Waals surface area contributed by atoms with Crippen molar-refractivity contribution >= 4 is 29.6 Å². The third-order valence-electron chi connectivity index (χ3n) is 1.26. The van der Waals surface area contributed by atoms with E-state index >= 15 is 0 Å². The predicted octanol–water partition coefficient (Wildman–Crippen LogP) is 1.36. The molecule has 0 N–H and O–H groups in total. The summed E-state index contributed by atoms with van der Waals surface area (Å²) in [6, 6.07) is 7.96. The fourth-order valence-electron chi connectivity index (χ4n) is 0.674. The summed E-state index contributed by atoms with van der Waals surface area (Å²) in [5.41, 5.74) is 1.26. The average molecular weight is 146 g/mol. The third-order valence-corrected chi connectivity index (χ3v) is 1.26. The number of ether oxygens (including phenoxy) is 1. The van der Waals surface area contributed by atoms with E-state index in [1.165, 1.54) is 5.56 Å². The molecule has 0 aliphatic rings. The molecule has 0 aliphatic carbocycles. The van der Waals surface area contributed by atoms with Crippen LogP contribution in [0.5, 0.6) is 5.75 Å². The zero-order valence-corrected chi connectivity index (χ0v) is 5.72. The molecular formula is C8H11NaO. The zero-order chi connectivity index (χ0) is 6.69. The maximum absolute atomic E-state index is 4.97. The SMILES string of the molecule is COc1ccc(C)cc1.[NaH]. The summed E-state index contributed by atoms with van der Waals surface area (Å²) in [6.45, 7) is 2.06. The fourth-order valence-corrected chi connectivity index (χ4v) is 0.674. The van der Waals surface area contributed by atoms with Crippen LogP contribution in [0.3, 0.4) is 0 Å². The van der Waals surface area contributed by atoms with Crippen molar-refractivity contribution in [3.8, 4) is 5.75 Å². The summed E-state index contributed by atoms with van der Waals surface area (Å²) in [5.74, 6) is 0.917. The van der Waals surface area contributed by atoms with Crippen molar-refractivity contribution in [2.75, 3.05) is 7.11 Å². The molecule has 0 bridgehead atoms. The Balaban J connectivity index is 0.000000810. The minimum atomic E-state index is 0. The molecule has 0 radical (unpaired) electrons. The topological polar surface area (TPSA) is 9.23 Å². The second kappa shape index (κ2) is 4.78. The molecule has 2 heteroatoms. The number of hydrogen-bond acceptors (Lipinski definition) is 1. The van der Waals surface area contributed by atoms with Gasteiger partial charge >= 0.3 is 29.6 Å². The Labute approximate surface area is 83.7 Å². The van der Waals surface area contributed by atoms with Gasteiger partial charge in [0.15, 0.2) is 0 Å².